The normalized spacial score (nSPS) is 11.0. The van der Waals surface area contributed by atoms with Crippen molar-refractivity contribution in [2.45, 2.75) is 13.0 Å². The van der Waals surface area contributed by atoms with E-state index >= 15 is 0 Å². The lowest BCUT2D eigenvalue weighted by Crippen LogP contribution is -2.02. The minimum atomic E-state index is 0.598. The van der Waals surface area contributed by atoms with Gasteiger partial charge in [0.2, 0.25) is 0 Å². The Morgan fingerprint density at radius 1 is 1.33 bits per heavy atom. The fourth-order valence-electron chi connectivity index (χ4n) is 2.26. The number of aromatic nitrogens is 3. The predicted octanol–water partition coefficient (Wildman–Crippen LogP) is 4.00. The number of pyridine rings is 1. The summed E-state index contributed by atoms with van der Waals surface area (Å²) in [6.07, 6.45) is 2.51. The smallest absolute Gasteiger partial charge is 0.179 e. The number of hydrogen-bond donors (Lipinski definition) is 1. The fraction of sp³-hybridized carbons (Fsp3) is 0.200. The first kappa shape index (κ1) is 14.1. The number of imidazole rings is 1. The van der Waals surface area contributed by atoms with E-state index in [2.05, 4.69) is 22.1 Å². The summed E-state index contributed by atoms with van der Waals surface area (Å²) in [7, 11) is 1.66. The van der Waals surface area contributed by atoms with Gasteiger partial charge in [-0.3, -0.25) is 0 Å². The molecule has 21 heavy (non-hydrogen) atoms. The zero-order valence-electron chi connectivity index (χ0n) is 11.5. The highest BCUT2D eigenvalue weighted by Gasteiger charge is 2.06. The molecule has 6 heteroatoms. The largest absolute Gasteiger partial charge is 0.497 e. The number of aryl methyl sites for hydroxylation is 2. The van der Waals surface area contributed by atoms with E-state index in [-0.39, 0.29) is 0 Å². The molecule has 0 atom stereocenters. The summed E-state index contributed by atoms with van der Waals surface area (Å²) >= 11 is 11.3. The number of methoxy groups -OCH3 is 1. The number of nitrogens with one attached hydrogen (secondary N) is 1. The first-order valence-corrected chi connectivity index (χ1v) is 7.33. The Labute approximate surface area is 132 Å². The molecule has 4 nitrogen and oxygen atoms in total. The van der Waals surface area contributed by atoms with Crippen molar-refractivity contribution in [3.05, 3.63) is 51.9 Å². The van der Waals surface area contributed by atoms with Crippen LogP contribution in [0.3, 0.4) is 0 Å². The number of fused-ring (bicyclic) bond motifs is 1. The second-order valence-corrected chi connectivity index (χ2v) is 5.53. The quantitative estimate of drug-likeness (QED) is 0.739. The van der Waals surface area contributed by atoms with E-state index in [0.717, 1.165) is 29.9 Å². The van der Waals surface area contributed by atoms with Crippen LogP contribution in [-0.2, 0) is 13.0 Å². The number of H-pyrrole nitrogens is 1. The van der Waals surface area contributed by atoms with Gasteiger partial charge in [0.1, 0.15) is 5.75 Å². The van der Waals surface area contributed by atoms with E-state index in [1.54, 1.807) is 13.3 Å². The standard InChI is InChI=1S/C15H14ClN3OS/c1-20-12-4-2-10(3-5-12)6-7-19-14-13(18-15(19)21)8-11(16)9-17-14/h2-5,8-9H,6-7H2,1H3,(H,18,21). The fourth-order valence-corrected chi connectivity index (χ4v) is 2.70. The third-order valence-electron chi connectivity index (χ3n) is 3.36. The average Bonchev–Trinajstić information content (AvgIpc) is 2.80. The number of rotatable bonds is 4. The molecule has 2 aromatic heterocycles. The summed E-state index contributed by atoms with van der Waals surface area (Å²) in [5, 5.41) is 0.598. The molecular weight excluding hydrogens is 306 g/mol. The van der Waals surface area contributed by atoms with Crippen molar-refractivity contribution in [3.63, 3.8) is 0 Å². The van der Waals surface area contributed by atoms with Crippen molar-refractivity contribution in [1.29, 1.82) is 0 Å². The molecule has 0 saturated carbocycles. The molecule has 0 aliphatic heterocycles. The van der Waals surface area contributed by atoms with Gasteiger partial charge >= 0.3 is 0 Å². The number of benzene rings is 1. The van der Waals surface area contributed by atoms with Crippen LogP contribution in [-0.4, -0.2) is 21.6 Å². The number of nitrogens with zero attached hydrogens (tertiary/aromatic N) is 2. The molecule has 1 N–H and O–H groups in total. The molecule has 0 aliphatic carbocycles. The number of hydrogen-bond acceptors (Lipinski definition) is 3. The number of aromatic amines is 1. The Balaban J connectivity index is 1.84. The van der Waals surface area contributed by atoms with Gasteiger partial charge in [0, 0.05) is 12.7 Å². The summed E-state index contributed by atoms with van der Waals surface area (Å²) in [4.78, 5) is 7.49. The second kappa shape index (κ2) is 5.87. The zero-order valence-corrected chi connectivity index (χ0v) is 13.0. The number of halogens is 1. The average molecular weight is 320 g/mol. The molecule has 3 aromatic rings. The summed E-state index contributed by atoms with van der Waals surface area (Å²) < 4.78 is 7.81. The zero-order chi connectivity index (χ0) is 14.8. The topological polar surface area (TPSA) is 42.8 Å². The van der Waals surface area contributed by atoms with Crippen LogP contribution in [0.1, 0.15) is 5.56 Å². The van der Waals surface area contributed by atoms with Crippen LogP contribution in [0.4, 0.5) is 0 Å². The predicted molar refractivity (Wildman–Crippen MR) is 86.6 cm³/mol. The van der Waals surface area contributed by atoms with Crippen molar-refractivity contribution in [1.82, 2.24) is 14.5 Å². The van der Waals surface area contributed by atoms with Gasteiger partial charge in [0.25, 0.3) is 0 Å². The van der Waals surface area contributed by atoms with Gasteiger partial charge in [-0.15, -0.1) is 0 Å². The highest BCUT2D eigenvalue weighted by Crippen LogP contribution is 2.17. The molecule has 0 aliphatic rings. The summed E-state index contributed by atoms with van der Waals surface area (Å²) in [5.74, 6) is 0.860. The molecule has 0 spiro atoms. The van der Waals surface area contributed by atoms with Crippen LogP contribution in [0.2, 0.25) is 5.02 Å². The third-order valence-corrected chi connectivity index (χ3v) is 3.89. The third kappa shape index (κ3) is 2.94. The maximum Gasteiger partial charge on any atom is 0.179 e. The summed E-state index contributed by atoms with van der Waals surface area (Å²) in [6.45, 7) is 0.764. The molecule has 0 amide bonds. The highest BCUT2D eigenvalue weighted by molar-refractivity contribution is 7.71. The lowest BCUT2D eigenvalue weighted by atomic mass is 10.1. The monoisotopic (exact) mass is 319 g/mol. The van der Waals surface area contributed by atoms with Crippen LogP contribution < -0.4 is 4.74 Å². The van der Waals surface area contributed by atoms with Crippen LogP contribution in [0.5, 0.6) is 5.75 Å². The first-order chi connectivity index (χ1) is 10.2. The van der Waals surface area contributed by atoms with E-state index in [1.165, 1.54) is 5.56 Å². The molecule has 0 saturated heterocycles. The lowest BCUT2D eigenvalue weighted by molar-refractivity contribution is 0.414. The van der Waals surface area contributed by atoms with Gasteiger partial charge in [0.15, 0.2) is 10.4 Å². The van der Waals surface area contributed by atoms with E-state index in [4.69, 9.17) is 28.6 Å². The van der Waals surface area contributed by atoms with Crippen LogP contribution >= 0.6 is 23.8 Å². The van der Waals surface area contributed by atoms with Gasteiger partial charge in [-0.2, -0.15) is 0 Å². The minimum Gasteiger partial charge on any atom is -0.497 e. The van der Waals surface area contributed by atoms with Gasteiger partial charge in [-0.05, 0) is 42.4 Å². The van der Waals surface area contributed by atoms with Gasteiger partial charge in [0.05, 0.1) is 17.6 Å². The van der Waals surface area contributed by atoms with Crippen molar-refractivity contribution >= 4 is 35.0 Å². The maximum atomic E-state index is 5.94. The first-order valence-electron chi connectivity index (χ1n) is 6.54. The van der Waals surface area contributed by atoms with Crippen LogP contribution in [0.25, 0.3) is 11.2 Å². The van der Waals surface area contributed by atoms with Crippen LogP contribution in [0, 0.1) is 4.77 Å². The molecule has 108 valence electrons. The van der Waals surface area contributed by atoms with Gasteiger partial charge in [-0.25, -0.2) is 4.98 Å². The molecule has 0 bridgehead atoms. The molecule has 0 radical (unpaired) electrons. The van der Waals surface area contributed by atoms with Crippen molar-refractivity contribution in [2.24, 2.45) is 0 Å². The minimum absolute atomic E-state index is 0.598. The SMILES string of the molecule is COc1ccc(CCn2c(=S)[nH]c3cc(Cl)cnc32)cc1. The van der Waals surface area contributed by atoms with E-state index in [9.17, 15) is 0 Å². The van der Waals surface area contributed by atoms with Crippen molar-refractivity contribution in [2.75, 3.05) is 7.11 Å². The van der Waals surface area contributed by atoms with Crippen LogP contribution in [0.15, 0.2) is 36.5 Å². The Morgan fingerprint density at radius 3 is 2.81 bits per heavy atom. The van der Waals surface area contributed by atoms with E-state index in [1.807, 2.05) is 22.8 Å². The van der Waals surface area contributed by atoms with Crippen molar-refractivity contribution < 1.29 is 4.74 Å². The van der Waals surface area contributed by atoms with E-state index in [0.29, 0.717) is 9.79 Å². The van der Waals surface area contributed by atoms with Gasteiger partial charge < -0.3 is 14.3 Å². The Hall–Kier alpha value is -1.85. The Morgan fingerprint density at radius 2 is 2.10 bits per heavy atom. The second-order valence-electron chi connectivity index (χ2n) is 4.70. The van der Waals surface area contributed by atoms with Crippen molar-refractivity contribution in [3.8, 4) is 5.75 Å². The Kier molecular flexibility index (Phi) is 3.94. The van der Waals surface area contributed by atoms with Gasteiger partial charge in [-0.1, -0.05) is 23.7 Å². The molecule has 1 aromatic carbocycles. The number of ether oxygens (including phenoxy) is 1. The maximum absolute atomic E-state index is 5.94. The summed E-state index contributed by atoms with van der Waals surface area (Å²) in [6, 6.07) is 9.87. The molecular formula is C15H14ClN3OS. The highest BCUT2D eigenvalue weighted by atomic mass is 35.5. The molecule has 3 rings (SSSR count). The molecule has 0 unspecified atom stereocenters. The summed E-state index contributed by atoms with van der Waals surface area (Å²) in [5.41, 5.74) is 2.92. The van der Waals surface area contributed by atoms with E-state index < -0.39 is 0 Å². The Bertz CT molecular complexity index is 823. The molecule has 2 heterocycles. The molecule has 0 fully saturated rings. The lowest BCUT2D eigenvalue weighted by Gasteiger charge is -2.05.